The van der Waals surface area contributed by atoms with Crippen molar-refractivity contribution in [1.82, 2.24) is 10.2 Å². The average molecular weight is 218 g/mol. The van der Waals surface area contributed by atoms with E-state index in [1.54, 1.807) is 7.05 Å². The molecule has 0 aromatic heterocycles. The van der Waals surface area contributed by atoms with Crippen molar-refractivity contribution < 1.29 is 9.59 Å². The van der Waals surface area contributed by atoms with E-state index in [9.17, 15) is 9.59 Å². The number of hydrogen-bond donors (Lipinski definition) is 1. The van der Waals surface area contributed by atoms with E-state index in [-0.39, 0.29) is 24.3 Å². The molecular formula is C12H14N2O2. The molecule has 1 aromatic carbocycles. The maximum absolute atomic E-state index is 11.8. The molecule has 84 valence electrons. The maximum atomic E-state index is 11.8. The molecule has 0 saturated carbocycles. The Morgan fingerprint density at radius 3 is 2.56 bits per heavy atom. The van der Waals surface area contributed by atoms with Crippen LogP contribution in [0.25, 0.3) is 0 Å². The number of amides is 2. The molecule has 4 heteroatoms. The van der Waals surface area contributed by atoms with Crippen LogP contribution in [-0.2, 0) is 16.1 Å². The number of nitrogens with zero attached hydrogens (tertiary/aromatic N) is 1. The van der Waals surface area contributed by atoms with Crippen LogP contribution in [0.15, 0.2) is 30.3 Å². The molecule has 16 heavy (non-hydrogen) atoms. The average Bonchev–Trinajstić information content (AvgIpc) is 2.58. The van der Waals surface area contributed by atoms with E-state index in [1.807, 2.05) is 30.3 Å². The molecule has 2 amide bonds. The van der Waals surface area contributed by atoms with Crippen LogP contribution in [0.5, 0.6) is 0 Å². The van der Waals surface area contributed by atoms with Crippen LogP contribution in [0.2, 0.25) is 0 Å². The summed E-state index contributed by atoms with van der Waals surface area (Å²) in [6.45, 7) is 0.372. The summed E-state index contributed by atoms with van der Waals surface area (Å²) >= 11 is 0. The second-order valence-electron chi connectivity index (χ2n) is 3.85. The highest BCUT2D eigenvalue weighted by Crippen LogP contribution is 2.16. The lowest BCUT2D eigenvalue weighted by molar-refractivity contribution is -0.139. The Hall–Kier alpha value is -1.68. The molecular weight excluding hydrogens is 204 g/mol. The molecule has 0 spiro atoms. The van der Waals surface area contributed by atoms with Crippen LogP contribution >= 0.6 is 0 Å². The van der Waals surface area contributed by atoms with Crippen LogP contribution in [0.1, 0.15) is 12.0 Å². The molecule has 1 heterocycles. The number of hydrogen-bond acceptors (Lipinski definition) is 3. The van der Waals surface area contributed by atoms with Gasteiger partial charge in [0.25, 0.3) is 0 Å². The van der Waals surface area contributed by atoms with Gasteiger partial charge in [-0.25, -0.2) is 0 Å². The third-order valence-corrected chi connectivity index (χ3v) is 2.78. The molecule has 0 unspecified atom stereocenters. The van der Waals surface area contributed by atoms with Gasteiger partial charge in [0.2, 0.25) is 11.8 Å². The van der Waals surface area contributed by atoms with Gasteiger partial charge < -0.3 is 5.32 Å². The lowest BCUT2D eigenvalue weighted by atomic mass is 10.2. The monoisotopic (exact) mass is 218 g/mol. The Bertz CT molecular complexity index is 403. The number of imide groups is 1. The van der Waals surface area contributed by atoms with E-state index in [1.165, 1.54) is 4.90 Å². The van der Waals surface area contributed by atoms with Gasteiger partial charge in [0.15, 0.2) is 0 Å². The van der Waals surface area contributed by atoms with Gasteiger partial charge in [0.1, 0.15) is 0 Å². The van der Waals surface area contributed by atoms with Gasteiger partial charge in [-0.15, -0.1) is 0 Å². The molecule has 1 aliphatic heterocycles. The highest BCUT2D eigenvalue weighted by Gasteiger charge is 2.37. The van der Waals surface area contributed by atoms with Crippen molar-refractivity contribution in [2.45, 2.75) is 19.0 Å². The van der Waals surface area contributed by atoms with Crippen molar-refractivity contribution in [3.63, 3.8) is 0 Å². The minimum Gasteiger partial charge on any atom is -0.308 e. The van der Waals surface area contributed by atoms with Gasteiger partial charge in [-0.1, -0.05) is 30.3 Å². The van der Waals surface area contributed by atoms with E-state index in [2.05, 4.69) is 5.32 Å². The zero-order valence-corrected chi connectivity index (χ0v) is 9.14. The van der Waals surface area contributed by atoms with Crippen molar-refractivity contribution >= 4 is 11.8 Å². The van der Waals surface area contributed by atoms with Gasteiger partial charge in [-0.05, 0) is 12.6 Å². The molecule has 1 fully saturated rings. The molecule has 1 N–H and O–H groups in total. The van der Waals surface area contributed by atoms with Crippen molar-refractivity contribution in [2.24, 2.45) is 0 Å². The van der Waals surface area contributed by atoms with Crippen LogP contribution < -0.4 is 5.32 Å². The van der Waals surface area contributed by atoms with Crippen molar-refractivity contribution in [2.75, 3.05) is 7.05 Å². The van der Waals surface area contributed by atoms with Gasteiger partial charge >= 0.3 is 0 Å². The number of likely N-dealkylation sites (N-methyl/N-ethyl adjacent to an activating group) is 1. The first-order valence-electron chi connectivity index (χ1n) is 5.28. The summed E-state index contributed by atoms with van der Waals surface area (Å²) < 4.78 is 0. The van der Waals surface area contributed by atoms with Crippen LogP contribution in [0, 0.1) is 0 Å². The number of carbonyl (C=O) groups is 2. The number of carbonyl (C=O) groups excluding carboxylic acids is 2. The summed E-state index contributed by atoms with van der Waals surface area (Å²) in [4.78, 5) is 24.7. The van der Waals surface area contributed by atoms with Gasteiger partial charge in [-0.2, -0.15) is 0 Å². The SMILES string of the molecule is CN[C@H]1CC(=O)N(Cc2ccccc2)C1=O. The third kappa shape index (κ3) is 1.97. The van der Waals surface area contributed by atoms with E-state index >= 15 is 0 Å². The lowest BCUT2D eigenvalue weighted by Crippen LogP contribution is -2.36. The summed E-state index contributed by atoms with van der Waals surface area (Å²) in [6.07, 6.45) is 0.266. The second kappa shape index (κ2) is 4.45. The number of nitrogens with one attached hydrogen (secondary N) is 1. The summed E-state index contributed by atoms with van der Waals surface area (Å²) in [5.74, 6) is -0.232. The summed E-state index contributed by atoms with van der Waals surface area (Å²) in [5.41, 5.74) is 0.973. The van der Waals surface area contributed by atoms with Crippen LogP contribution in [-0.4, -0.2) is 29.8 Å². The topological polar surface area (TPSA) is 49.4 Å². The summed E-state index contributed by atoms with van der Waals surface area (Å²) in [6, 6.07) is 9.18. The Kier molecular flexibility index (Phi) is 3.01. The molecule has 4 nitrogen and oxygen atoms in total. The van der Waals surface area contributed by atoms with Crippen LogP contribution in [0.4, 0.5) is 0 Å². The minimum atomic E-state index is -0.351. The van der Waals surface area contributed by atoms with Crippen LogP contribution in [0.3, 0.4) is 0 Å². The van der Waals surface area contributed by atoms with Gasteiger partial charge in [0, 0.05) is 0 Å². The van der Waals surface area contributed by atoms with Crippen molar-refractivity contribution in [3.8, 4) is 0 Å². The van der Waals surface area contributed by atoms with Gasteiger partial charge in [0.05, 0.1) is 19.0 Å². The molecule has 1 saturated heterocycles. The van der Waals surface area contributed by atoms with E-state index < -0.39 is 0 Å². The number of benzene rings is 1. The fourth-order valence-electron chi connectivity index (χ4n) is 1.84. The van der Waals surface area contributed by atoms with Crippen molar-refractivity contribution in [1.29, 1.82) is 0 Å². The van der Waals surface area contributed by atoms with Crippen molar-refractivity contribution in [3.05, 3.63) is 35.9 Å². The number of rotatable bonds is 3. The first-order chi connectivity index (χ1) is 7.72. The molecule has 0 radical (unpaired) electrons. The normalized spacial score (nSPS) is 20.6. The number of likely N-dealkylation sites (tertiary alicyclic amines) is 1. The molecule has 1 aliphatic rings. The Balaban J connectivity index is 2.11. The third-order valence-electron chi connectivity index (χ3n) is 2.78. The smallest absolute Gasteiger partial charge is 0.247 e. The first kappa shape index (κ1) is 10.8. The predicted octanol–water partition coefficient (Wildman–Crippen LogP) is 0.533. The highest BCUT2D eigenvalue weighted by molar-refractivity contribution is 6.05. The molecule has 1 aromatic rings. The van der Waals surface area contributed by atoms with E-state index in [0.717, 1.165) is 5.56 Å². The standard InChI is InChI=1S/C12H14N2O2/c1-13-10-7-11(15)14(12(10)16)8-9-5-3-2-4-6-9/h2-6,10,13H,7-8H2,1H3/t10-/m0/s1. The van der Waals surface area contributed by atoms with Gasteiger partial charge in [-0.3, -0.25) is 14.5 Å². The zero-order valence-electron chi connectivity index (χ0n) is 9.14. The second-order valence-corrected chi connectivity index (χ2v) is 3.85. The fourth-order valence-corrected chi connectivity index (χ4v) is 1.84. The Labute approximate surface area is 94.2 Å². The lowest BCUT2D eigenvalue weighted by Gasteiger charge is -2.14. The first-order valence-corrected chi connectivity index (χ1v) is 5.28. The molecule has 2 rings (SSSR count). The molecule has 1 atom stereocenters. The zero-order chi connectivity index (χ0) is 11.5. The Morgan fingerprint density at radius 2 is 2.00 bits per heavy atom. The minimum absolute atomic E-state index is 0.104. The fraction of sp³-hybridized carbons (Fsp3) is 0.333. The highest BCUT2D eigenvalue weighted by atomic mass is 16.2. The molecule has 0 aliphatic carbocycles. The molecule has 0 bridgehead atoms. The summed E-state index contributed by atoms with van der Waals surface area (Å²) in [5, 5.41) is 2.85. The maximum Gasteiger partial charge on any atom is 0.247 e. The Morgan fingerprint density at radius 1 is 1.31 bits per heavy atom. The van der Waals surface area contributed by atoms with E-state index in [0.29, 0.717) is 6.54 Å². The summed E-state index contributed by atoms with van der Waals surface area (Å²) in [7, 11) is 1.70. The largest absolute Gasteiger partial charge is 0.308 e. The van der Waals surface area contributed by atoms with E-state index in [4.69, 9.17) is 0 Å². The predicted molar refractivity (Wildman–Crippen MR) is 59.5 cm³/mol. The quantitative estimate of drug-likeness (QED) is 0.753.